The van der Waals surface area contributed by atoms with E-state index in [0.717, 1.165) is 0 Å². The largest absolute Gasteiger partial charge is 0.465 e. The van der Waals surface area contributed by atoms with E-state index < -0.39 is 0 Å². The van der Waals surface area contributed by atoms with Crippen molar-refractivity contribution < 1.29 is 9.53 Å². The first kappa shape index (κ1) is 11.6. The second-order valence-electron chi connectivity index (χ2n) is 2.36. The molecule has 72 valence electrons. The minimum absolute atomic E-state index is 0.291. The molecule has 0 radical (unpaired) electrons. The van der Waals surface area contributed by atoms with Crippen LogP contribution >= 0.6 is 0 Å². The molecule has 0 heterocycles. The van der Waals surface area contributed by atoms with Gasteiger partial charge in [-0.25, -0.2) is 4.79 Å². The summed E-state index contributed by atoms with van der Waals surface area (Å²) in [7, 11) is 5.12. The Kier molecular flexibility index (Phi) is 6.55. The van der Waals surface area contributed by atoms with E-state index in [9.17, 15) is 4.79 Å². The second kappa shape index (κ2) is 7.31. The normalized spacial score (nSPS) is 8.23. The van der Waals surface area contributed by atoms with Crippen LogP contribution in [0, 0.1) is 0 Å². The van der Waals surface area contributed by atoms with Gasteiger partial charge in [0.15, 0.2) is 0 Å². The molecule has 0 saturated carbocycles. The van der Waals surface area contributed by atoms with Crippen molar-refractivity contribution in [3.63, 3.8) is 0 Å². The predicted molar refractivity (Wildman–Crippen MR) is 52.8 cm³/mol. The highest BCUT2D eigenvalue weighted by Gasteiger charge is 2.00. The molecule has 1 aromatic rings. The maximum Gasteiger partial charge on any atom is 0.337 e. The van der Waals surface area contributed by atoms with Gasteiger partial charge in [0.05, 0.1) is 12.7 Å². The van der Waals surface area contributed by atoms with Crippen LogP contribution < -0.4 is 5.32 Å². The zero-order valence-electron chi connectivity index (χ0n) is 8.20. The number of rotatable bonds is 1. The molecule has 1 rings (SSSR count). The quantitative estimate of drug-likeness (QED) is 0.664. The van der Waals surface area contributed by atoms with Crippen molar-refractivity contribution in [1.29, 1.82) is 0 Å². The molecule has 0 amide bonds. The first-order valence-electron chi connectivity index (χ1n) is 3.98. The Hall–Kier alpha value is -1.35. The summed E-state index contributed by atoms with van der Waals surface area (Å²) in [5.41, 5.74) is 0.588. The summed E-state index contributed by atoms with van der Waals surface area (Å²) in [5, 5.41) is 2.75. The molecule has 0 atom stereocenters. The number of carbonyl (C=O) groups is 1. The minimum Gasteiger partial charge on any atom is -0.465 e. The van der Waals surface area contributed by atoms with Gasteiger partial charge in [-0.3, -0.25) is 0 Å². The maximum absolute atomic E-state index is 10.8. The van der Waals surface area contributed by atoms with E-state index in [1.165, 1.54) is 7.11 Å². The second-order valence-corrected chi connectivity index (χ2v) is 2.36. The highest BCUT2D eigenvalue weighted by molar-refractivity contribution is 5.89. The molecular weight excluding hydrogens is 166 g/mol. The molecule has 0 aliphatic rings. The molecule has 0 fully saturated rings. The molecule has 0 aliphatic carbocycles. The summed E-state index contributed by atoms with van der Waals surface area (Å²) in [6, 6.07) is 8.88. The zero-order valence-corrected chi connectivity index (χ0v) is 8.20. The Morgan fingerprint density at radius 3 is 2.08 bits per heavy atom. The Morgan fingerprint density at radius 1 is 1.23 bits per heavy atom. The van der Waals surface area contributed by atoms with Crippen LogP contribution in [0.5, 0.6) is 0 Å². The van der Waals surface area contributed by atoms with Crippen LogP contribution in [0.2, 0.25) is 0 Å². The standard InChI is InChI=1S/C8H8O2.C2H7N/c1-10-8(9)7-5-3-2-4-6-7;1-3-2/h2-6H,1H3;3H,1-2H3. The van der Waals surface area contributed by atoms with Crippen molar-refractivity contribution in [3.8, 4) is 0 Å². The molecule has 0 aliphatic heterocycles. The van der Waals surface area contributed by atoms with Gasteiger partial charge in [-0.2, -0.15) is 0 Å². The SMILES string of the molecule is CNC.COC(=O)c1ccccc1. The lowest BCUT2D eigenvalue weighted by atomic mass is 10.2. The first-order valence-corrected chi connectivity index (χ1v) is 3.98. The van der Waals surface area contributed by atoms with Crippen LogP contribution in [0.3, 0.4) is 0 Å². The van der Waals surface area contributed by atoms with Gasteiger partial charge in [-0.15, -0.1) is 0 Å². The van der Waals surface area contributed by atoms with Crippen LogP contribution in [0.15, 0.2) is 30.3 Å². The van der Waals surface area contributed by atoms with E-state index in [4.69, 9.17) is 0 Å². The fourth-order valence-electron chi connectivity index (χ4n) is 0.692. The number of hydrogen-bond acceptors (Lipinski definition) is 3. The lowest BCUT2D eigenvalue weighted by Gasteiger charge is -1.95. The third kappa shape index (κ3) is 4.98. The van der Waals surface area contributed by atoms with E-state index in [2.05, 4.69) is 10.1 Å². The summed E-state index contributed by atoms with van der Waals surface area (Å²) in [6.07, 6.45) is 0. The van der Waals surface area contributed by atoms with E-state index in [-0.39, 0.29) is 5.97 Å². The summed E-state index contributed by atoms with van der Waals surface area (Å²) in [4.78, 5) is 10.8. The predicted octanol–water partition coefficient (Wildman–Crippen LogP) is 1.31. The molecule has 3 heteroatoms. The highest BCUT2D eigenvalue weighted by Crippen LogP contribution is 1.98. The molecule has 1 aromatic carbocycles. The molecule has 1 N–H and O–H groups in total. The lowest BCUT2D eigenvalue weighted by Crippen LogP contribution is -1.99. The number of hydrogen-bond donors (Lipinski definition) is 1. The number of nitrogens with one attached hydrogen (secondary N) is 1. The van der Waals surface area contributed by atoms with Crippen molar-refractivity contribution in [2.75, 3.05) is 21.2 Å². The molecule has 3 nitrogen and oxygen atoms in total. The van der Waals surface area contributed by atoms with E-state index in [1.807, 2.05) is 20.2 Å². The van der Waals surface area contributed by atoms with Crippen LogP contribution in [0.4, 0.5) is 0 Å². The number of carbonyl (C=O) groups excluding carboxylic acids is 1. The van der Waals surface area contributed by atoms with Crippen molar-refractivity contribution in [1.82, 2.24) is 5.32 Å². The number of ether oxygens (including phenoxy) is 1. The smallest absolute Gasteiger partial charge is 0.337 e. The van der Waals surface area contributed by atoms with E-state index >= 15 is 0 Å². The molecule has 0 saturated heterocycles. The Bertz CT molecular complexity index is 234. The van der Waals surface area contributed by atoms with Gasteiger partial charge in [0.2, 0.25) is 0 Å². The lowest BCUT2D eigenvalue weighted by molar-refractivity contribution is 0.0601. The van der Waals surface area contributed by atoms with Crippen LogP contribution in [0.1, 0.15) is 10.4 Å². The Balaban J connectivity index is 0.000000424. The average molecular weight is 181 g/mol. The minimum atomic E-state index is -0.291. The van der Waals surface area contributed by atoms with E-state index in [0.29, 0.717) is 5.56 Å². The number of esters is 1. The number of benzene rings is 1. The van der Waals surface area contributed by atoms with Gasteiger partial charge >= 0.3 is 5.97 Å². The maximum atomic E-state index is 10.8. The van der Waals surface area contributed by atoms with E-state index in [1.54, 1.807) is 24.3 Å². The van der Waals surface area contributed by atoms with Gasteiger partial charge in [0.25, 0.3) is 0 Å². The topological polar surface area (TPSA) is 38.3 Å². The molecule has 0 unspecified atom stereocenters. The van der Waals surface area contributed by atoms with Crippen LogP contribution in [0.25, 0.3) is 0 Å². The van der Waals surface area contributed by atoms with Gasteiger partial charge in [0, 0.05) is 0 Å². The van der Waals surface area contributed by atoms with Crippen molar-refractivity contribution >= 4 is 5.97 Å². The summed E-state index contributed by atoms with van der Waals surface area (Å²) < 4.78 is 4.50. The molecule has 0 bridgehead atoms. The average Bonchev–Trinajstić information content (AvgIpc) is 2.19. The zero-order chi connectivity index (χ0) is 10.1. The van der Waals surface area contributed by atoms with Crippen LogP contribution in [-0.2, 0) is 4.74 Å². The highest BCUT2D eigenvalue weighted by atomic mass is 16.5. The molecular formula is C10H15NO2. The van der Waals surface area contributed by atoms with Crippen molar-refractivity contribution in [3.05, 3.63) is 35.9 Å². The Labute approximate surface area is 78.7 Å². The summed E-state index contributed by atoms with van der Waals surface area (Å²) in [6.45, 7) is 0. The van der Waals surface area contributed by atoms with Crippen LogP contribution in [-0.4, -0.2) is 27.2 Å². The first-order chi connectivity index (χ1) is 6.26. The van der Waals surface area contributed by atoms with Gasteiger partial charge < -0.3 is 10.1 Å². The van der Waals surface area contributed by atoms with Gasteiger partial charge in [0.1, 0.15) is 0 Å². The molecule has 0 aromatic heterocycles. The third-order valence-electron chi connectivity index (χ3n) is 1.19. The fourth-order valence-corrected chi connectivity index (χ4v) is 0.692. The third-order valence-corrected chi connectivity index (χ3v) is 1.19. The fraction of sp³-hybridized carbons (Fsp3) is 0.300. The van der Waals surface area contributed by atoms with Gasteiger partial charge in [-0.1, -0.05) is 18.2 Å². The monoisotopic (exact) mass is 181 g/mol. The van der Waals surface area contributed by atoms with Crippen molar-refractivity contribution in [2.24, 2.45) is 0 Å². The van der Waals surface area contributed by atoms with Crippen molar-refractivity contribution in [2.45, 2.75) is 0 Å². The Morgan fingerprint density at radius 2 is 1.69 bits per heavy atom. The molecule has 13 heavy (non-hydrogen) atoms. The number of methoxy groups -OCH3 is 1. The summed E-state index contributed by atoms with van der Waals surface area (Å²) >= 11 is 0. The molecule has 0 spiro atoms. The summed E-state index contributed by atoms with van der Waals surface area (Å²) in [5.74, 6) is -0.291. The van der Waals surface area contributed by atoms with Gasteiger partial charge in [-0.05, 0) is 26.2 Å².